The first-order valence-corrected chi connectivity index (χ1v) is 4.23. The van der Waals surface area contributed by atoms with Crippen molar-refractivity contribution in [2.24, 2.45) is 0 Å². The number of hydrogen-bond acceptors (Lipinski definition) is 3. The van der Waals surface area contributed by atoms with Gasteiger partial charge < -0.3 is 4.74 Å². The smallest absolute Gasteiger partial charge is 0.122 e. The lowest BCUT2D eigenvalue weighted by Gasteiger charge is -2.02. The largest absolute Gasteiger partial charge is 0.497 e. The van der Waals surface area contributed by atoms with Crippen molar-refractivity contribution in [2.45, 2.75) is 0 Å². The molecule has 0 saturated carbocycles. The fourth-order valence-corrected chi connectivity index (χ4v) is 1.14. The van der Waals surface area contributed by atoms with Gasteiger partial charge in [-0.1, -0.05) is 6.07 Å². The van der Waals surface area contributed by atoms with E-state index in [2.05, 4.69) is 9.97 Å². The molecule has 2 rings (SSSR count). The Bertz CT molecular complexity index is 459. The van der Waals surface area contributed by atoms with Crippen LogP contribution in [0.15, 0.2) is 42.7 Å². The summed E-state index contributed by atoms with van der Waals surface area (Å²) in [5, 5.41) is 0. The zero-order chi connectivity index (χ0) is 10.7. The minimum atomic E-state index is 0.176. The highest BCUT2D eigenvalue weighted by Gasteiger charge is 2.00. The van der Waals surface area contributed by atoms with Crippen LogP contribution in [0.3, 0.4) is 0 Å². The van der Waals surface area contributed by atoms with Crippen molar-refractivity contribution in [1.82, 2.24) is 9.97 Å². The molecule has 0 aliphatic heterocycles. The molecule has 3 heteroatoms. The molecule has 2 heterocycles. The van der Waals surface area contributed by atoms with Crippen LogP contribution in [0.4, 0.5) is 0 Å². The molecule has 14 heavy (non-hydrogen) atoms. The van der Waals surface area contributed by atoms with Crippen LogP contribution in [-0.2, 0) is 0 Å². The van der Waals surface area contributed by atoms with E-state index in [0.29, 0.717) is 11.4 Å². The quantitative estimate of drug-likeness (QED) is 0.722. The van der Waals surface area contributed by atoms with Crippen molar-refractivity contribution in [3.8, 4) is 17.1 Å². The first-order chi connectivity index (χ1) is 7.29. The Hall–Kier alpha value is -1.90. The Labute approximate surface area is 83.8 Å². The van der Waals surface area contributed by atoms with Gasteiger partial charge in [0.05, 0.1) is 19.9 Å². The van der Waals surface area contributed by atoms with E-state index in [9.17, 15) is 0 Å². The summed E-state index contributed by atoms with van der Waals surface area (Å²) in [6.07, 6.45) is 1.87. The average molecular weight is 187 g/mol. The van der Waals surface area contributed by atoms with Crippen molar-refractivity contribution in [2.75, 3.05) is 7.11 Å². The first-order valence-electron chi connectivity index (χ1n) is 4.73. The number of nitrogens with zero attached hydrogens (tertiary/aromatic N) is 2. The van der Waals surface area contributed by atoms with Crippen molar-refractivity contribution in [3.63, 3.8) is 0 Å². The summed E-state index contributed by atoms with van der Waals surface area (Å²) in [5.41, 5.74) is 1.39. The third-order valence-electron chi connectivity index (χ3n) is 1.83. The van der Waals surface area contributed by atoms with Crippen LogP contribution in [0.25, 0.3) is 11.4 Å². The molecule has 0 aliphatic carbocycles. The molecule has 0 spiro atoms. The van der Waals surface area contributed by atoms with Crippen LogP contribution in [0.1, 0.15) is 1.37 Å². The maximum atomic E-state index is 7.51. The lowest BCUT2D eigenvalue weighted by atomic mass is 10.2. The van der Waals surface area contributed by atoms with Crippen molar-refractivity contribution < 1.29 is 6.11 Å². The lowest BCUT2D eigenvalue weighted by molar-refractivity contribution is 0.414. The third kappa shape index (κ3) is 1.71. The van der Waals surface area contributed by atoms with Crippen LogP contribution in [0.5, 0.6) is 5.75 Å². The molecule has 0 atom stereocenters. The van der Waals surface area contributed by atoms with Crippen molar-refractivity contribution >= 4 is 0 Å². The minimum absolute atomic E-state index is 0.176. The van der Waals surface area contributed by atoms with Crippen molar-refractivity contribution in [1.29, 1.82) is 0 Å². The monoisotopic (exact) mass is 187 g/mol. The summed E-state index contributed by atoms with van der Waals surface area (Å²) >= 11 is 0. The van der Waals surface area contributed by atoms with Crippen molar-refractivity contribution in [3.05, 3.63) is 42.7 Å². The molecule has 0 fully saturated rings. The predicted molar refractivity (Wildman–Crippen MR) is 54.0 cm³/mol. The molecule has 2 aromatic rings. The molecule has 0 N–H and O–H groups in total. The molecule has 0 saturated heterocycles. The Morgan fingerprint density at radius 3 is 2.86 bits per heavy atom. The van der Waals surface area contributed by atoms with E-state index in [4.69, 9.17) is 6.11 Å². The zero-order valence-electron chi connectivity index (χ0n) is 8.77. The fourth-order valence-electron chi connectivity index (χ4n) is 1.14. The van der Waals surface area contributed by atoms with Crippen LogP contribution < -0.4 is 4.74 Å². The Kier molecular flexibility index (Phi) is 2.07. The summed E-state index contributed by atoms with van der Waals surface area (Å²) in [6, 6.07) is 8.90. The summed E-state index contributed by atoms with van der Waals surface area (Å²) < 4.78 is 12.6. The molecule has 0 aromatic carbocycles. The lowest BCUT2D eigenvalue weighted by Crippen LogP contribution is -1.88. The summed E-state index contributed by atoms with van der Waals surface area (Å²) in [4.78, 5) is 8.24. The van der Waals surface area contributed by atoms with E-state index in [0.717, 1.165) is 5.69 Å². The standard InChI is InChI=1S/C11H10N2O/c1-14-9-5-7-13-11(8-9)10-4-2-3-6-12-10/h2-8H,1H3/i7D. The van der Waals surface area contributed by atoms with Gasteiger partial charge in [-0.3, -0.25) is 9.97 Å². The molecule has 0 aliphatic rings. The van der Waals surface area contributed by atoms with Crippen LogP contribution in [-0.4, -0.2) is 17.1 Å². The maximum absolute atomic E-state index is 7.51. The Morgan fingerprint density at radius 2 is 2.14 bits per heavy atom. The van der Waals surface area contributed by atoms with Gasteiger partial charge in [-0.2, -0.15) is 0 Å². The van der Waals surface area contributed by atoms with E-state index in [1.54, 1.807) is 25.4 Å². The topological polar surface area (TPSA) is 35.0 Å². The van der Waals surface area contributed by atoms with E-state index in [1.807, 2.05) is 18.2 Å². The molecule has 2 aromatic heterocycles. The highest BCUT2D eigenvalue weighted by Crippen LogP contribution is 2.18. The molecule has 0 unspecified atom stereocenters. The first kappa shape index (κ1) is 7.50. The molecule has 0 amide bonds. The number of aromatic nitrogens is 2. The van der Waals surface area contributed by atoms with Gasteiger partial charge in [-0.05, 0) is 18.2 Å². The normalized spacial score (nSPS) is 10.8. The van der Waals surface area contributed by atoms with Gasteiger partial charge in [0.25, 0.3) is 0 Å². The Balaban J connectivity index is 2.49. The van der Waals surface area contributed by atoms with Gasteiger partial charge in [0.2, 0.25) is 0 Å². The number of methoxy groups -OCH3 is 1. The van der Waals surface area contributed by atoms with Crippen LogP contribution >= 0.6 is 0 Å². The fraction of sp³-hybridized carbons (Fsp3) is 0.0909. The predicted octanol–water partition coefficient (Wildman–Crippen LogP) is 2.15. The van der Waals surface area contributed by atoms with Gasteiger partial charge in [-0.15, -0.1) is 0 Å². The Morgan fingerprint density at radius 1 is 1.21 bits per heavy atom. The summed E-state index contributed by atoms with van der Waals surface area (Å²) in [7, 11) is 1.57. The highest BCUT2D eigenvalue weighted by atomic mass is 16.5. The van der Waals surface area contributed by atoms with E-state index < -0.39 is 0 Å². The van der Waals surface area contributed by atoms with Gasteiger partial charge in [0.1, 0.15) is 5.75 Å². The highest BCUT2D eigenvalue weighted by molar-refractivity contribution is 5.55. The summed E-state index contributed by atoms with van der Waals surface area (Å²) in [6.45, 7) is 0. The number of pyridine rings is 2. The summed E-state index contributed by atoms with van der Waals surface area (Å²) in [5.74, 6) is 0.621. The zero-order valence-corrected chi connectivity index (χ0v) is 7.77. The van der Waals surface area contributed by atoms with Crippen LogP contribution in [0, 0.1) is 0 Å². The minimum Gasteiger partial charge on any atom is -0.497 e. The molecule has 3 nitrogen and oxygen atoms in total. The molecule has 0 bridgehead atoms. The van der Waals surface area contributed by atoms with Gasteiger partial charge >= 0.3 is 0 Å². The van der Waals surface area contributed by atoms with Gasteiger partial charge in [-0.25, -0.2) is 0 Å². The van der Waals surface area contributed by atoms with Crippen LogP contribution in [0.2, 0.25) is 0 Å². The second-order valence-corrected chi connectivity index (χ2v) is 2.74. The molecular weight excluding hydrogens is 176 g/mol. The molecule has 0 radical (unpaired) electrons. The number of ether oxygens (including phenoxy) is 1. The van der Waals surface area contributed by atoms with E-state index in [1.165, 1.54) is 0 Å². The SMILES string of the molecule is [2H]c1cc(OC)cc(-c2ccccn2)n1. The second kappa shape index (κ2) is 3.87. The molecular formula is C11H10N2O. The third-order valence-corrected chi connectivity index (χ3v) is 1.83. The maximum Gasteiger partial charge on any atom is 0.122 e. The van der Waals surface area contributed by atoms with Gasteiger partial charge in [0, 0.05) is 18.4 Å². The average Bonchev–Trinajstić information content (AvgIpc) is 2.29. The van der Waals surface area contributed by atoms with E-state index in [-0.39, 0.29) is 6.17 Å². The van der Waals surface area contributed by atoms with Gasteiger partial charge in [0.15, 0.2) is 0 Å². The number of rotatable bonds is 2. The second-order valence-electron chi connectivity index (χ2n) is 2.74. The molecule has 70 valence electrons. The number of hydrogen-bond donors (Lipinski definition) is 0. The van der Waals surface area contributed by atoms with E-state index >= 15 is 0 Å².